The van der Waals surface area contributed by atoms with Gasteiger partial charge in [0.25, 0.3) is 0 Å². The summed E-state index contributed by atoms with van der Waals surface area (Å²) in [6, 6.07) is 14.8. The zero-order valence-corrected chi connectivity index (χ0v) is 13.2. The third-order valence-corrected chi connectivity index (χ3v) is 4.74. The molecule has 0 radical (unpaired) electrons. The van der Waals surface area contributed by atoms with Crippen LogP contribution in [0.3, 0.4) is 0 Å². The Morgan fingerprint density at radius 1 is 1.09 bits per heavy atom. The van der Waals surface area contributed by atoms with Crippen molar-refractivity contribution in [3.05, 3.63) is 42.5 Å². The molecule has 0 aliphatic heterocycles. The van der Waals surface area contributed by atoms with Gasteiger partial charge in [-0.05, 0) is 24.3 Å². The van der Waals surface area contributed by atoms with Gasteiger partial charge in [-0.25, -0.2) is 0 Å². The van der Waals surface area contributed by atoms with Crippen molar-refractivity contribution < 1.29 is 4.79 Å². The number of rotatable bonds is 4. The minimum atomic E-state index is 0.180. The normalized spacial score (nSPS) is 15.7. The Bertz CT molecular complexity index is 641. The van der Waals surface area contributed by atoms with Crippen LogP contribution in [-0.4, -0.2) is 30.4 Å². The predicted molar refractivity (Wildman–Crippen MR) is 92.1 cm³/mol. The van der Waals surface area contributed by atoms with Gasteiger partial charge >= 0.3 is 0 Å². The summed E-state index contributed by atoms with van der Waals surface area (Å²) in [5.41, 5.74) is 1.03. The molecule has 0 atom stereocenters. The number of hydrogen-bond acceptors (Lipinski definition) is 2. The average molecular weight is 296 g/mol. The maximum atomic E-state index is 12.4. The Labute approximate surface area is 132 Å². The van der Waals surface area contributed by atoms with E-state index in [1.54, 1.807) is 0 Å². The van der Waals surface area contributed by atoms with Crippen molar-refractivity contribution in [3.8, 4) is 0 Å². The Balaban J connectivity index is 1.64. The molecular weight excluding hydrogens is 272 g/mol. The lowest BCUT2D eigenvalue weighted by atomic mass is 9.94. The van der Waals surface area contributed by atoms with E-state index >= 15 is 0 Å². The van der Waals surface area contributed by atoms with Gasteiger partial charge in [0.15, 0.2) is 0 Å². The van der Waals surface area contributed by atoms with Crippen LogP contribution in [-0.2, 0) is 4.79 Å². The smallest absolute Gasteiger partial charge is 0.241 e. The molecule has 22 heavy (non-hydrogen) atoms. The largest absolute Gasteiger partial charge is 0.376 e. The quantitative estimate of drug-likeness (QED) is 0.923. The van der Waals surface area contributed by atoms with E-state index in [4.69, 9.17) is 0 Å². The van der Waals surface area contributed by atoms with Gasteiger partial charge in [0.1, 0.15) is 0 Å². The summed E-state index contributed by atoms with van der Waals surface area (Å²) in [5, 5.41) is 5.68. The fourth-order valence-electron chi connectivity index (χ4n) is 3.35. The minimum absolute atomic E-state index is 0.180. The molecule has 2 aromatic carbocycles. The summed E-state index contributed by atoms with van der Waals surface area (Å²) in [5.74, 6) is 0.180. The molecule has 0 spiro atoms. The van der Waals surface area contributed by atoms with Crippen LogP contribution in [0.1, 0.15) is 32.1 Å². The molecular formula is C19H24N2O. The van der Waals surface area contributed by atoms with Gasteiger partial charge in [0, 0.05) is 24.2 Å². The first-order valence-electron chi connectivity index (χ1n) is 8.23. The van der Waals surface area contributed by atoms with Crippen molar-refractivity contribution in [3.63, 3.8) is 0 Å². The van der Waals surface area contributed by atoms with Crippen LogP contribution in [0.15, 0.2) is 42.5 Å². The molecule has 2 aromatic rings. The maximum Gasteiger partial charge on any atom is 0.241 e. The summed E-state index contributed by atoms with van der Waals surface area (Å²) < 4.78 is 0. The SMILES string of the molecule is CN(C(=O)CNc1cccc2ccccc12)C1CCCCC1. The number of nitrogens with one attached hydrogen (secondary N) is 1. The number of fused-ring (bicyclic) bond motifs is 1. The molecule has 3 rings (SSSR count). The summed E-state index contributed by atoms with van der Waals surface area (Å²) in [6.07, 6.45) is 6.11. The molecule has 0 aromatic heterocycles. The molecule has 0 unspecified atom stereocenters. The van der Waals surface area contributed by atoms with Crippen LogP contribution in [0.5, 0.6) is 0 Å². The van der Waals surface area contributed by atoms with Gasteiger partial charge in [0.2, 0.25) is 5.91 Å². The number of nitrogens with zero attached hydrogens (tertiary/aromatic N) is 1. The van der Waals surface area contributed by atoms with E-state index in [2.05, 4.69) is 23.5 Å². The molecule has 1 N–H and O–H groups in total. The molecule has 0 saturated heterocycles. The van der Waals surface area contributed by atoms with Crippen molar-refractivity contribution in [2.45, 2.75) is 38.1 Å². The molecule has 1 aliphatic rings. The van der Waals surface area contributed by atoms with Gasteiger partial charge in [0.05, 0.1) is 6.54 Å². The summed E-state index contributed by atoms with van der Waals surface area (Å²) in [7, 11) is 1.95. The monoisotopic (exact) mass is 296 g/mol. The highest BCUT2D eigenvalue weighted by Gasteiger charge is 2.21. The van der Waals surface area contributed by atoms with E-state index in [1.165, 1.54) is 24.6 Å². The Morgan fingerprint density at radius 3 is 2.64 bits per heavy atom. The number of likely N-dealkylation sites (N-methyl/N-ethyl adjacent to an activating group) is 1. The Hall–Kier alpha value is -2.03. The molecule has 116 valence electrons. The van der Waals surface area contributed by atoms with Crippen molar-refractivity contribution in [2.24, 2.45) is 0 Å². The third-order valence-electron chi connectivity index (χ3n) is 4.74. The highest BCUT2D eigenvalue weighted by Crippen LogP contribution is 2.24. The number of benzene rings is 2. The molecule has 3 nitrogen and oxygen atoms in total. The molecule has 1 saturated carbocycles. The number of carbonyl (C=O) groups is 1. The van der Waals surface area contributed by atoms with Crippen molar-refractivity contribution in [1.29, 1.82) is 0 Å². The fourth-order valence-corrected chi connectivity index (χ4v) is 3.35. The minimum Gasteiger partial charge on any atom is -0.376 e. The van der Waals surface area contributed by atoms with Crippen LogP contribution in [0.4, 0.5) is 5.69 Å². The summed E-state index contributed by atoms with van der Waals surface area (Å²) in [4.78, 5) is 14.4. The van der Waals surface area contributed by atoms with Crippen LogP contribution in [0.25, 0.3) is 10.8 Å². The van der Waals surface area contributed by atoms with Crippen LogP contribution in [0, 0.1) is 0 Å². The molecule has 0 heterocycles. The van der Waals surface area contributed by atoms with Crippen molar-refractivity contribution >= 4 is 22.4 Å². The first kappa shape index (κ1) is 14.9. The fraction of sp³-hybridized carbons (Fsp3) is 0.421. The van der Waals surface area contributed by atoms with E-state index in [0.717, 1.165) is 23.9 Å². The highest BCUT2D eigenvalue weighted by molar-refractivity contribution is 5.95. The lowest BCUT2D eigenvalue weighted by molar-refractivity contribution is -0.130. The lowest BCUT2D eigenvalue weighted by Gasteiger charge is -2.31. The van der Waals surface area contributed by atoms with E-state index in [1.807, 2.05) is 36.2 Å². The maximum absolute atomic E-state index is 12.4. The summed E-state index contributed by atoms with van der Waals surface area (Å²) in [6.45, 7) is 0.362. The molecule has 1 fully saturated rings. The van der Waals surface area contributed by atoms with Crippen molar-refractivity contribution in [2.75, 3.05) is 18.9 Å². The van der Waals surface area contributed by atoms with Crippen LogP contribution < -0.4 is 5.32 Å². The van der Waals surface area contributed by atoms with Crippen LogP contribution in [0.2, 0.25) is 0 Å². The second-order valence-electron chi connectivity index (χ2n) is 6.18. The number of carbonyl (C=O) groups excluding carboxylic acids is 1. The molecule has 1 aliphatic carbocycles. The Morgan fingerprint density at radius 2 is 1.82 bits per heavy atom. The zero-order valence-electron chi connectivity index (χ0n) is 13.2. The van der Waals surface area contributed by atoms with E-state index in [-0.39, 0.29) is 5.91 Å². The molecule has 3 heteroatoms. The first-order chi connectivity index (χ1) is 10.8. The highest BCUT2D eigenvalue weighted by atomic mass is 16.2. The second kappa shape index (κ2) is 6.82. The topological polar surface area (TPSA) is 32.3 Å². The number of hydrogen-bond donors (Lipinski definition) is 1. The van der Waals surface area contributed by atoms with Gasteiger partial charge in [-0.1, -0.05) is 55.7 Å². The Kier molecular flexibility index (Phi) is 4.62. The lowest BCUT2D eigenvalue weighted by Crippen LogP contribution is -2.41. The molecule has 1 amide bonds. The number of anilines is 1. The standard InChI is InChI=1S/C19H24N2O/c1-21(16-10-3-2-4-11-16)19(22)14-20-18-13-7-9-15-8-5-6-12-17(15)18/h5-9,12-13,16,20H,2-4,10-11,14H2,1H3. The van der Waals surface area contributed by atoms with E-state index in [9.17, 15) is 4.79 Å². The van der Waals surface area contributed by atoms with E-state index < -0.39 is 0 Å². The van der Waals surface area contributed by atoms with Gasteiger partial charge in [-0.3, -0.25) is 4.79 Å². The third kappa shape index (κ3) is 3.24. The second-order valence-corrected chi connectivity index (χ2v) is 6.18. The first-order valence-corrected chi connectivity index (χ1v) is 8.23. The number of amides is 1. The van der Waals surface area contributed by atoms with E-state index in [0.29, 0.717) is 12.6 Å². The van der Waals surface area contributed by atoms with Gasteiger partial charge in [-0.2, -0.15) is 0 Å². The van der Waals surface area contributed by atoms with Gasteiger partial charge in [-0.15, -0.1) is 0 Å². The molecule has 0 bridgehead atoms. The van der Waals surface area contributed by atoms with Crippen molar-refractivity contribution in [1.82, 2.24) is 4.90 Å². The van der Waals surface area contributed by atoms with Gasteiger partial charge < -0.3 is 10.2 Å². The predicted octanol–water partition coefficient (Wildman–Crippen LogP) is 4.04. The zero-order chi connectivity index (χ0) is 15.4. The van der Waals surface area contributed by atoms with Crippen LogP contribution >= 0.6 is 0 Å². The average Bonchev–Trinajstić information content (AvgIpc) is 2.59. The summed E-state index contributed by atoms with van der Waals surface area (Å²) >= 11 is 0.